The van der Waals surface area contributed by atoms with Crippen molar-refractivity contribution in [2.45, 2.75) is 57.0 Å². The molecule has 1 saturated carbocycles. The molecule has 2 aromatic carbocycles. The van der Waals surface area contributed by atoms with Crippen LogP contribution in [0.2, 0.25) is 0 Å². The topological polar surface area (TPSA) is 55.6 Å². The number of piperidine rings is 1. The number of nitrogens with two attached hydrogens (primary N) is 1. The van der Waals surface area contributed by atoms with E-state index in [0.29, 0.717) is 42.4 Å². The van der Waals surface area contributed by atoms with Gasteiger partial charge in [0.05, 0.1) is 0 Å². The van der Waals surface area contributed by atoms with E-state index in [1.165, 1.54) is 0 Å². The van der Waals surface area contributed by atoms with Gasteiger partial charge in [0.2, 0.25) is 5.91 Å². The second kappa shape index (κ2) is 10.6. The van der Waals surface area contributed by atoms with Gasteiger partial charge in [-0.25, -0.2) is 13.2 Å². The first-order chi connectivity index (χ1) is 15.9. The van der Waals surface area contributed by atoms with Crippen LogP contribution in [0.4, 0.5) is 13.2 Å². The molecular weight excluding hydrogens is 429 g/mol. The van der Waals surface area contributed by atoms with Crippen LogP contribution in [0.25, 0.3) is 0 Å². The van der Waals surface area contributed by atoms with Crippen molar-refractivity contribution in [3.05, 3.63) is 65.0 Å². The number of carbonyl (C=O) groups is 1. The lowest BCUT2D eigenvalue weighted by Gasteiger charge is -2.34. The minimum atomic E-state index is -0.996. The first-order valence-corrected chi connectivity index (χ1v) is 11.8. The van der Waals surface area contributed by atoms with E-state index in [0.717, 1.165) is 57.3 Å². The summed E-state index contributed by atoms with van der Waals surface area (Å²) in [5.41, 5.74) is 7.27. The number of carbonyl (C=O) groups excluding carboxylic acids is 1. The highest BCUT2D eigenvalue weighted by Gasteiger charge is 2.27. The molecule has 33 heavy (non-hydrogen) atoms. The van der Waals surface area contributed by atoms with Gasteiger partial charge in [0.25, 0.3) is 0 Å². The largest absolute Gasteiger partial charge is 0.484 e. The first kappa shape index (κ1) is 23.6. The third-order valence-corrected chi connectivity index (χ3v) is 7.15. The smallest absolute Gasteiger partial charge is 0.248 e. The van der Waals surface area contributed by atoms with Gasteiger partial charge in [-0.2, -0.15) is 0 Å². The van der Waals surface area contributed by atoms with Crippen molar-refractivity contribution in [2.24, 2.45) is 11.7 Å². The molecule has 1 saturated heterocycles. The van der Waals surface area contributed by atoms with Crippen molar-refractivity contribution < 1.29 is 22.7 Å². The molecule has 0 bridgehead atoms. The van der Waals surface area contributed by atoms with Crippen molar-refractivity contribution in [3.63, 3.8) is 0 Å². The minimum Gasteiger partial charge on any atom is -0.484 e. The van der Waals surface area contributed by atoms with E-state index in [9.17, 15) is 18.0 Å². The Labute approximate surface area is 192 Å². The molecular formula is C26H31F3N2O2. The number of halogens is 3. The van der Waals surface area contributed by atoms with E-state index < -0.39 is 23.2 Å². The van der Waals surface area contributed by atoms with E-state index in [-0.39, 0.29) is 12.0 Å². The van der Waals surface area contributed by atoms with Crippen molar-refractivity contribution >= 4 is 5.91 Å². The highest BCUT2D eigenvalue weighted by atomic mass is 19.1. The van der Waals surface area contributed by atoms with Gasteiger partial charge in [-0.1, -0.05) is 18.2 Å². The maximum absolute atomic E-state index is 13.8. The predicted octanol–water partition coefficient (Wildman–Crippen LogP) is 5.41. The number of rotatable bonds is 7. The van der Waals surface area contributed by atoms with E-state index in [2.05, 4.69) is 4.90 Å². The molecule has 7 heteroatoms. The quantitative estimate of drug-likeness (QED) is 0.601. The van der Waals surface area contributed by atoms with Crippen molar-refractivity contribution in [2.75, 3.05) is 19.6 Å². The van der Waals surface area contributed by atoms with Gasteiger partial charge in [0, 0.05) is 30.8 Å². The molecule has 2 aromatic rings. The van der Waals surface area contributed by atoms with Gasteiger partial charge < -0.3 is 15.4 Å². The van der Waals surface area contributed by atoms with Crippen LogP contribution in [0, 0.1) is 23.4 Å². The Morgan fingerprint density at radius 1 is 0.970 bits per heavy atom. The van der Waals surface area contributed by atoms with Crippen LogP contribution in [0.5, 0.6) is 5.75 Å². The van der Waals surface area contributed by atoms with Crippen LogP contribution >= 0.6 is 0 Å². The van der Waals surface area contributed by atoms with Crippen LogP contribution in [-0.4, -0.2) is 36.5 Å². The highest BCUT2D eigenvalue weighted by molar-refractivity contribution is 5.94. The van der Waals surface area contributed by atoms with Crippen LogP contribution in [-0.2, 0) is 0 Å². The van der Waals surface area contributed by atoms with Gasteiger partial charge in [-0.15, -0.1) is 0 Å². The summed E-state index contributed by atoms with van der Waals surface area (Å²) in [7, 11) is 0. The normalized spacial score (nSPS) is 22.3. The molecule has 4 nitrogen and oxygen atoms in total. The van der Waals surface area contributed by atoms with Gasteiger partial charge in [0.1, 0.15) is 11.9 Å². The number of likely N-dealkylation sites (tertiary alicyclic amines) is 1. The molecule has 1 aliphatic heterocycles. The maximum Gasteiger partial charge on any atom is 0.248 e. The number of nitrogens with zero attached hydrogens (tertiary/aromatic N) is 1. The zero-order valence-corrected chi connectivity index (χ0v) is 18.7. The summed E-state index contributed by atoms with van der Waals surface area (Å²) in [5, 5.41) is 0. The lowest BCUT2D eigenvalue weighted by atomic mass is 9.76. The van der Waals surface area contributed by atoms with E-state index in [1.807, 2.05) is 24.3 Å². The summed E-state index contributed by atoms with van der Waals surface area (Å²) in [4.78, 5) is 14.1. The number of benzene rings is 2. The van der Waals surface area contributed by atoms with E-state index >= 15 is 0 Å². The Morgan fingerprint density at radius 2 is 1.61 bits per heavy atom. The van der Waals surface area contributed by atoms with Crippen molar-refractivity contribution in [1.82, 2.24) is 4.90 Å². The molecule has 0 aromatic heterocycles. The second-order valence-electron chi connectivity index (χ2n) is 9.32. The van der Waals surface area contributed by atoms with Crippen molar-refractivity contribution in [3.8, 4) is 5.75 Å². The lowest BCUT2D eigenvalue weighted by molar-refractivity contribution is 0.0886. The van der Waals surface area contributed by atoms with Gasteiger partial charge in [-0.3, -0.25) is 4.79 Å². The summed E-state index contributed by atoms with van der Waals surface area (Å²) >= 11 is 0. The van der Waals surface area contributed by atoms with Gasteiger partial charge >= 0.3 is 0 Å². The molecule has 1 amide bonds. The maximum atomic E-state index is 13.8. The molecule has 178 valence electrons. The second-order valence-corrected chi connectivity index (χ2v) is 9.32. The third-order valence-electron chi connectivity index (χ3n) is 7.15. The van der Waals surface area contributed by atoms with Gasteiger partial charge in [-0.05, 0) is 75.0 Å². The zero-order chi connectivity index (χ0) is 23.4. The molecule has 0 atom stereocenters. The third kappa shape index (κ3) is 5.88. The van der Waals surface area contributed by atoms with Crippen molar-refractivity contribution in [1.29, 1.82) is 0 Å². The molecule has 0 radical (unpaired) electrons. The van der Waals surface area contributed by atoms with Crippen LogP contribution in [0.15, 0.2) is 36.4 Å². The molecule has 0 spiro atoms. The van der Waals surface area contributed by atoms with Crippen LogP contribution < -0.4 is 10.5 Å². The number of amides is 1. The van der Waals surface area contributed by atoms with E-state index in [4.69, 9.17) is 10.5 Å². The summed E-state index contributed by atoms with van der Waals surface area (Å²) in [6.45, 7) is 2.63. The lowest BCUT2D eigenvalue weighted by Crippen LogP contribution is -2.39. The fourth-order valence-corrected chi connectivity index (χ4v) is 5.26. The summed E-state index contributed by atoms with van der Waals surface area (Å²) in [5.74, 6) is -2.72. The number of primary amides is 1. The Balaban J connectivity index is 1.20. The summed E-state index contributed by atoms with van der Waals surface area (Å²) in [6.07, 6.45) is 6.65. The number of hydrogen-bond acceptors (Lipinski definition) is 3. The molecule has 4 rings (SSSR count). The SMILES string of the molecule is NC(=O)c1ccccc1C1CCC(CCN2CCC(Oc3c(F)cc(F)cc3F)CC2)CC1. The zero-order valence-electron chi connectivity index (χ0n) is 18.7. The van der Waals surface area contributed by atoms with Crippen LogP contribution in [0.1, 0.15) is 66.8 Å². The minimum absolute atomic E-state index is 0.267. The highest BCUT2D eigenvalue weighted by Crippen LogP contribution is 2.38. The van der Waals surface area contributed by atoms with Gasteiger partial charge in [0.15, 0.2) is 17.4 Å². The monoisotopic (exact) mass is 460 g/mol. The Morgan fingerprint density at radius 3 is 2.24 bits per heavy atom. The number of hydrogen-bond donors (Lipinski definition) is 1. The number of ether oxygens (including phenoxy) is 1. The average Bonchev–Trinajstić information content (AvgIpc) is 2.81. The molecule has 2 fully saturated rings. The molecule has 1 aliphatic carbocycles. The average molecular weight is 461 g/mol. The van der Waals surface area contributed by atoms with Crippen LogP contribution in [0.3, 0.4) is 0 Å². The Kier molecular flexibility index (Phi) is 7.58. The Hall–Kier alpha value is -2.54. The molecule has 0 unspecified atom stereocenters. The molecule has 2 N–H and O–H groups in total. The summed E-state index contributed by atoms with van der Waals surface area (Å²) < 4.78 is 46.2. The standard InChI is InChI=1S/C26H31F3N2O2/c27-19-15-23(28)25(24(29)16-19)33-20-10-13-31(14-11-20)12-9-17-5-7-18(8-6-17)21-3-1-2-4-22(21)26(30)32/h1-4,15-18,20H,5-14H2,(H2,30,32). The first-order valence-electron chi connectivity index (χ1n) is 11.8. The predicted molar refractivity (Wildman–Crippen MR) is 121 cm³/mol. The Bertz CT molecular complexity index is 945. The van der Waals surface area contributed by atoms with E-state index in [1.54, 1.807) is 0 Å². The molecule has 2 aliphatic rings. The fraction of sp³-hybridized carbons (Fsp3) is 0.500. The summed E-state index contributed by atoms with van der Waals surface area (Å²) in [6, 6.07) is 8.97. The molecule has 1 heterocycles. The fourth-order valence-electron chi connectivity index (χ4n) is 5.26.